The van der Waals surface area contributed by atoms with E-state index in [2.05, 4.69) is 15.0 Å². The summed E-state index contributed by atoms with van der Waals surface area (Å²) in [5, 5.41) is 4.44. The maximum Gasteiger partial charge on any atom is 0.241 e. The van der Waals surface area contributed by atoms with Crippen LogP contribution in [0.4, 0.5) is 0 Å². The van der Waals surface area contributed by atoms with Gasteiger partial charge in [0.25, 0.3) is 0 Å². The molecule has 0 aliphatic carbocycles. The van der Waals surface area contributed by atoms with Crippen LogP contribution in [0.15, 0.2) is 34.0 Å². The molecule has 0 aliphatic rings. The van der Waals surface area contributed by atoms with E-state index < -0.39 is 22.0 Å². The molecule has 8 nitrogen and oxygen atoms in total. The summed E-state index contributed by atoms with van der Waals surface area (Å²) in [5.41, 5.74) is 2.37. The summed E-state index contributed by atoms with van der Waals surface area (Å²) in [4.78, 5) is 16.1. The lowest BCUT2D eigenvalue weighted by atomic mass is 10.3. The lowest BCUT2D eigenvalue weighted by Gasteiger charge is -2.15. The van der Waals surface area contributed by atoms with E-state index in [1.54, 1.807) is 10.9 Å². The second-order valence-electron chi connectivity index (χ2n) is 5.06. The van der Waals surface area contributed by atoms with Gasteiger partial charge in [0.05, 0.1) is 42.9 Å². The van der Waals surface area contributed by atoms with E-state index in [1.807, 2.05) is 0 Å². The number of hydrogen-bond donors (Lipinski definition) is 2. The van der Waals surface area contributed by atoms with Crippen LogP contribution in [0, 0.1) is 0 Å². The van der Waals surface area contributed by atoms with Crippen molar-refractivity contribution in [1.82, 2.24) is 15.0 Å². The highest BCUT2D eigenvalue weighted by molar-refractivity contribution is 7.89. The maximum atomic E-state index is 12.4. The number of aromatic nitrogens is 1. The van der Waals surface area contributed by atoms with Crippen molar-refractivity contribution in [1.29, 1.82) is 0 Å². The fraction of sp³-hybridized carbons (Fsp3) is 0.333. The average molecular weight is 385 g/mol. The quantitative estimate of drug-likeness (QED) is 0.706. The number of carbonyl (C=O) groups excluding carboxylic acids is 1. The summed E-state index contributed by atoms with van der Waals surface area (Å²) in [6.45, 7) is 1.71. The largest absolute Gasteiger partial charge is 0.493 e. The summed E-state index contributed by atoms with van der Waals surface area (Å²) in [6.07, 6.45) is 0. The van der Waals surface area contributed by atoms with Crippen LogP contribution in [0.1, 0.15) is 12.6 Å². The van der Waals surface area contributed by atoms with E-state index in [1.165, 1.54) is 50.7 Å². The summed E-state index contributed by atoms with van der Waals surface area (Å²) in [5.74, 6) is 0.249. The Bertz CT molecular complexity index is 822. The first-order valence-corrected chi connectivity index (χ1v) is 9.69. The fourth-order valence-corrected chi connectivity index (χ4v) is 3.77. The number of hydrogen-bond acceptors (Lipinski definition) is 7. The molecular formula is C15H19N3O5S2. The van der Waals surface area contributed by atoms with Crippen LogP contribution >= 0.6 is 11.3 Å². The van der Waals surface area contributed by atoms with Crippen molar-refractivity contribution < 1.29 is 22.7 Å². The average Bonchev–Trinajstić information content (AvgIpc) is 3.12. The van der Waals surface area contributed by atoms with Gasteiger partial charge in [-0.3, -0.25) is 4.79 Å². The smallest absolute Gasteiger partial charge is 0.241 e. The molecule has 0 radical (unpaired) electrons. The van der Waals surface area contributed by atoms with Crippen LogP contribution in [0.3, 0.4) is 0 Å². The minimum absolute atomic E-state index is 0.0238. The van der Waals surface area contributed by atoms with Crippen LogP contribution in [-0.2, 0) is 21.4 Å². The van der Waals surface area contributed by atoms with Crippen molar-refractivity contribution in [2.24, 2.45) is 0 Å². The molecule has 1 aromatic carbocycles. The van der Waals surface area contributed by atoms with E-state index in [9.17, 15) is 13.2 Å². The molecule has 1 heterocycles. The number of benzene rings is 1. The van der Waals surface area contributed by atoms with Crippen LogP contribution < -0.4 is 19.5 Å². The van der Waals surface area contributed by atoms with Gasteiger partial charge in [0.1, 0.15) is 0 Å². The minimum Gasteiger partial charge on any atom is -0.493 e. The minimum atomic E-state index is -3.89. The van der Waals surface area contributed by atoms with Crippen molar-refractivity contribution >= 4 is 27.3 Å². The normalized spacial score (nSPS) is 12.4. The van der Waals surface area contributed by atoms with Crippen LogP contribution in [0.5, 0.6) is 11.5 Å². The molecule has 2 aromatic rings. The number of methoxy groups -OCH3 is 2. The van der Waals surface area contributed by atoms with Crippen LogP contribution in [-0.4, -0.2) is 39.6 Å². The molecule has 0 fully saturated rings. The predicted molar refractivity (Wildman–Crippen MR) is 93.3 cm³/mol. The molecule has 1 atom stereocenters. The summed E-state index contributed by atoms with van der Waals surface area (Å²) < 4.78 is 37.4. The lowest BCUT2D eigenvalue weighted by molar-refractivity contribution is -0.122. The first-order valence-electron chi connectivity index (χ1n) is 7.26. The van der Waals surface area contributed by atoms with E-state index in [4.69, 9.17) is 9.47 Å². The summed E-state index contributed by atoms with van der Waals surface area (Å²) in [6, 6.07) is 3.25. The molecule has 1 unspecified atom stereocenters. The summed E-state index contributed by atoms with van der Waals surface area (Å²) in [7, 11) is -1.02. The van der Waals surface area contributed by atoms with Crippen molar-refractivity contribution in [3.05, 3.63) is 34.8 Å². The zero-order chi connectivity index (χ0) is 18.4. The Labute approximate surface area is 150 Å². The topological polar surface area (TPSA) is 107 Å². The van der Waals surface area contributed by atoms with Crippen LogP contribution in [0.25, 0.3) is 0 Å². The van der Waals surface area contributed by atoms with Gasteiger partial charge in [-0.25, -0.2) is 13.4 Å². The molecule has 0 saturated heterocycles. The molecule has 0 spiro atoms. The van der Waals surface area contributed by atoms with E-state index in [-0.39, 0.29) is 17.2 Å². The number of carbonyl (C=O) groups is 1. The van der Waals surface area contributed by atoms with Gasteiger partial charge in [-0.1, -0.05) is 0 Å². The number of amides is 1. The number of nitrogens with one attached hydrogen (secondary N) is 2. The number of ether oxygens (including phenoxy) is 2. The Kier molecular flexibility index (Phi) is 6.34. The Balaban J connectivity index is 2.05. The molecule has 0 aliphatic heterocycles. The molecule has 1 aromatic heterocycles. The van der Waals surface area contributed by atoms with Gasteiger partial charge < -0.3 is 14.8 Å². The van der Waals surface area contributed by atoms with Gasteiger partial charge in [-0.15, -0.1) is 11.3 Å². The van der Waals surface area contributed by atoms with Gasteiger partial charge in [-0.2, -0.15) is 4.72 Å². The van der Waals surface area contributed by atoms with Gasteiger partial charge in [0.15, 0.2) is 11.5 Å². The molecule has 2 rings (SSSR count). The van der Waals surface area contributed by atoms with Crippen molar-refractivity contribution in [2.45, 2.75) is 24.4 Å². The molecule has 1 amide bonds. The fourth-order valence-electron chi connectivity index (χ4n) is 1.99. The Morgan fingerprint density at radius 1 is 1.28 bits per heavy atom. The van der Waals surface area contributed by atoms with Gasteiger partial charge in [-0.05, 0) is 19.1 Å². The second-order valence-corrected chi connectivity index (χ2v) is 7.49. The number of nitrogens with zero attached hydrogens (tertiary/aromatic N) is 1. The third kappa shape index (κ3) is 4.91. The highest BCUT2D eigenvalue weighted by atomic mass is 32.2. The Morgan fingerprint density at radius 3 is 2.60 bits per heavy atom. The van der Waals surface area contributed by atoms with Crippen LogP contribution in [0.2, 0.25) is 0 Å². The van der Waals surface area contributed by atoms with Gasteiger partial charge >= 0.3 is 0 Å². The van der Waals surface area contributed by atoms with Gasteiger partial charge in [0.2, 0.25) is 15.9 Å². The predicted octanol–water partition coefficient (Wildman–Crippen LogP) is 1.14. The van der Waals surface area contributed by atoms with E-state index >= 15 is 0 Å². The third-order valence-electron chi connectivity index (χ3n) is 3.32. The van der Waals surface area contributed by atoms with Crippen molar-refractivity contribution in [3.63, 3.8) is 0 Å². The third-order valence-corrected chi connectivity index (χ3v) is 5.49. The van der Waals surface area contributed by atoms with E-state index in [0.717, 1.165) is 0 Å². The molecular weight excluding hydrogens is 366 g/mol. The Hall–Kier alpha value is -2.17. The molecule has 0 saturated carbocycles. The highest BCUT2D eigenvalue weighted by Crippen LogP contribution is 2.29. The SMILES string of the molecule is COc1ccc(S(=O)(=O)NC(C)C(=O)NCc2cscn2)cc1OC. The summed E-state index contributed by atoms with van der Waals surface area (Å²) >= 11 is 1.42. The first-order chi connectivity index (χ1) is 11.9. The molecule has 2 N–H and O–H groups in total. The second kappa shape index (κ2) is 8.28. The highest BCUT2D eigenvalue weighted by Gasteiger charge is 2.23. The molecule has 0 bridgehead atoms. The maximum absolute atomic E-state index is 12.4. The standard InChI is InChI=1S/C15H19N3O5S2/c1-10(15(19)16-7-11-8-24-9-17-11)18-25(20,21)12-4-5-13(22-2)14(6-12)23-3/h4-6,8-10,18H,7H2,1-3H3,(H,16,19). The van der Waals surface area contributed by atoms with Crippen molar-refractivity contribution in [3.8, 4) is 11.5 Å². The number of thiazole rings is 1. The zero-order valence-electron chi connectivity index (χ0n) is 14.0. The van der Waals surface area contributed by atoms with E-state index in [0.29, 0.717) is 11.4 Å². The zero-order valence-corrected chi connectivity index (χ0v) is 15.6. The number of rotatable bonds is 8. The van der Waals surface area contributed by atoms with Crippen molar-refractivity contribution in [2.75, 3.05) is 14.2 Å². The number of sulfonamides is 1. The Morgan fingerprint density at radius 2 is 2.00 bits per heavy atom. The molecule has 136 valence electrons. The first kappa shape index (κ1) is 19.2. The lowest BCUT2D eigenvalue weighted by Crippen LogP contribution is -2.44. The van der Waals surface area contributed by atoms with Gasteiger partial charge in [0, 0.05) is 11.4 Å². The molecule has 10 heteroatoms. The molecule has 25 heavy (non-hydrogen) atoms. The monoisotopic (exact) mass is 385 g/mol.